The van der Waals surface area contributed by atoms with Gasteiger partial charge in [-0.15, -0.1) is 0 Å². The molecule has 6 heteroatoms. The standard InChI is InChI=1S/C31H40O6/c1-21(2)11-8-13-23(5)17-19-34-26-15-10-16-27-28(26)29(36-25(7)32)30(31(33)37-27)35-20-18-24(6)14-9-12-22(3)4/h10-12,15-18H,8-9,13-14,19-20H2,1-7H3. The Hall–Kier alpha value is -3.54. The van der Waals surface area contributed by atoms with Crippen molar-refractivity contribution in [2.24, 2.45) is 0 Å². The van der Waals surface area contributed by atoms with Gasteiger partial charge in [-0.3, -0.25) is 4.79 Å². The van der Waals surface area contributed by atoms with Crippen molar-refractivity contribution in [3.05, 3.63) is 75.2 Å². The first-order valence-electron chi connectivity index (χ1n) is 12.7. The molecule has 0 aliphatic rings. The third-order valence-electron chi connectivity index (χ3n) is 5.57. The minimum absolute atomic E-state index is 0.00852. The molecule has 1 aromatic carbocycles. The van der Waals surface area contributed by atoms with E-state index in [1.165, 1.54) is 23.6 Å². The minimum Gasteiger partial charge on any atom is -0.489 e. The molecule has 0 atom stereocenters. The fourth-order valence-electron chi connectivity index (χ4n) is 3.58. The number of rotatable bonds is 13. The zero-order chi connectivity index (χ0) is 27.4. The lowest BCUT2D eigenvalue weighted by atomic mass is 10.1. The summed E-state index contributed by atoms with van der Waals surface area (Å²) >= 11 is 0. The highest BCUT2D eigenvalue weighted by Gasteiger charge is 2.22. The van der Waals surface area contributed by atoms with E-state index in [2.05, 4.69) is 46.8 Å². The van der Waals surface area contributed by atoms with Gasteiger partial charge in [0.15, 0.2) is 5.75 Å². The summed E-state index contributed by atoms with van der Waals surface area (Å²) in [5.41, 5.74) is 4.45. The summed E-state index contributed by atoms with van der Waals surface area (Å²) in [6.45, 7) is 14.1. The van der Waals surface area contributed by atoms with Crippen LogP contribution in [0.1, 0.15) is 74.1 Å². The summed E-state index contributed by atoms with van der Waals surface area (Å²) in [7, 11) is 0. The van der Waals surface area contributed by atoms with Crippen molar-refractivity contribution in [1.82, 2.24) is 0 Å². The van der Waals surface area contributed by atoms with E-state index < -0.39 is 11.6 Å². The van der Waals surface area contributed by atoms with Gasteiger partial charge in [0.05, 0.1) is 0 Å². The van der Waals surface area contributed by atoms with Gasteiger partial charge in [0.25, 0.3) is 0 Å². The number of esters is 1. The second-order valence-electron chi connectivity index (χ2n) is 9.63. The molecule has 200 valence electrons. The lowest BCUT2D eigenvalue weighted by Crippen LogP contribution is -2.13. The molecule has 0 N–H and O–H groups in total. The molecule has 0 saturated carbocycles. The van der Waals surface area contributed by atoms with Crippen LogP contribution < -0.4 is 19.8 Å². The molecule has 0 unspecified atom stereocenters. The van der Waals surface area contributed by atoms with Crippen LogP contribution in [0, 0.1) is 0 Å². The number of carbonyl (C=O) groups is 1. The molecule has 1 heterocycles. The smallest absolute Gasteiger partial charge is 0.383 e. The molecule has 0 spiro atoms. The van der Waals surface area contributed by atoms with E-state index >= 15 is 0 Å². The van der Waals surface area contributed by atoms with Crippen molar-refractivity contribution in [1.29, 1.82) is 0 Å². The SMILES string of the molecule is CC(=O)Oc1c(OCC=C(C)CCC=C(C)C)c(=O)oc2cccc(OCC=C(C)CCC=C(C)C)c12. The molecule has 0 radical (unpaired) electrons. The molecule has 0 fully saturated rings. The van der Waals surface area contributed by atoms with E-state index in [1.807, 2.05) is 19.1 Å². The number of allylic oxidation sites excluding steroid dienone is 6. The first-order valence-corrected chi connectivity index (χ1v) is 12.7. The van der Waals surface area contributed by atoms with Crippen molar-refractivity contribution in [3.8, 4) is 17.2 Å². The van der Waals surface area contributed by atoms with Crippen LogP contribution in [0.25, 0.3) is 11.0 Å². The van der Waals surface area contributed by atoms with Gasteiger partial charge in [0.1, 0.15) is 29.9 Å². The molecule has 0 saturated heterocycles. The van der Waals surface area contributed by atoms with Crippen LogP contribution in [0.2, 0.25) is 0 Å². The number of carbonyl (C=O) groups excluding carboxylic acids is 1. The van der Waals surface area contributed by atoms with Gasteiger partial charge in [-0.1, -0.05) is 40.5 Å². The number of hydrogen-bond acceptors (Lipinski definition) is 6. The maximum atomic E-state index is 12.8. The monoisotopic (exact) mass is 508 g/mol. The molecular weight excluding hydrogens is 468 g/mol. The number of ether oxygens (including phenoxy) is 3. The van der Waals surface area contributed by atoms with Crippen LogP contribution in [0.15, 0.2) is 74.0 Å². The van der Waals surface area contributed by atoms with E-state index in [1.54, 1.807) is 18.2 Å². The van der Waals surface area contributed by atoms with E-state index in [9.17, 15) is 9.59 Å². The molecule has 2 rings (SSSR count). The van der Waals surface area contributed by atoms with Crippen molar-refractivity contribution in [2.75, 3.05) is 13.2 Å². The summed E-state index contributed by atoms with van der Waals surface area (Å²) in [6.07, 6.45) is 12.0. The Balaban J connectivity index is 2.31. The van der Waals surface area contributed by atoms with Crippen molar-refractivity contribution < 1.29 is 23.4 Å². The van der Waals surface area contributed by atoms with Crippen LogP contribution >= 0.6 is 0 Å². The highest BCUT2D eigenvalue weighted by atomic mass is 16.6. The Kier molecular flexibility index (Phi) is 11.9. The van der Waals surface area contributed by atoms with Gasteiger partial charge in [-0.25, -0.2) is 4.79 Å². The van der Waals surface area contributed by atoms with Gasteiger partial charge in [0, 0.05) is 6.92 Å². The highest BCUT2D eigenvalue weighted by molar-refractivity contribution is 5.93. The molecular formula is C31H40O6. The Labute approximate surface area is 220 Å². The Morgan fingerprint density at radius 3 is 1.89 bits per heavy atom. The molecule has 0 aliphatic heterocycles. The molecule has 2 aromatic rings. The predicted molar refractivity (Wildman–Crippen MR) is 150 cm³/mol. The summed E-state index contributed by atoms with van der Waals surface area (Å²) in [4.78, 5) is 24.7. The van der Waals surface area contributed by atoms with Crippen LogP contribution in [-0.2, 0) is 4.79 Å². The van der Waals surface area contributed by atoms with Crippen LogP contribution in [-0.4, -0.2) is 19.2 Å². The quantitative estimate of drug-likeness (QED) is 0.156. The summed E-state index contributed by atoms with van der Waals surface area (Å²) in [5, 5.41) is 0.382. The van der Waals surface area contributed by atoms with E-state index in [0.717, 1.165) is 31.3 Å². The largest absolute Gasteiger partial charge is 0.489 e. The first-order chi connectivity index (χ1) is 17.6. The third-order valence-corrected chi connectivity index (χ3v) is 5.57. The number of benzene rings is 1. The van der Waals surface area contributed by atoms with E-state index in [-0.39, 0.29) is 23.7 Å². The summed E-state index contributed by atoms with van der Waals surface area (Å²) in [6, 6.07) is 5.11. The summed E-state index contributed by atoms with van der Waals surface area (Å²) in [5.74, 6) is -0.283. The van der Waals surface area contributed by atoms with Crippen LogP contribution in [0.3, 0.4) is 0 Å². The first kappa shape index (κ1) is 29.7. The average Bonchev–Trinajstić information content (AvgIpc) is 2.80. The van der Waals surface area contributed by atoms with Crippen molar-refractivity contribution in [2.45, 2.75) is 74.1 Å². The fraction of sp³-hybridized carbons (Fsp3) is 0.419. The fourth-order valence-corrected chi connectivity index (χ4v) is 3.58. The normalized spacial score (nSPS) is 11.8. The van der Waals surface area contributed by atoms with Gasteiger partial charge in [0.2, 0.25) is 5.75 Å². The maximum absolute atomic E-state index is 12.8. The minimum atomic E-state index is -0.716. The lowest BCUT2D eigenvalue weighted by Gasteiger charge is -2.14. The molecule has 1 aromatic heterocycles. The van der Waals surface area contributed by atoms with Crippen LogP contribution in [0.4, 0.5) is 0 Å². The Morgan fingerprint density at radius 1 is 0.784 bits per heavy atom. The van der Waals surface area contributed by atoms with Crippen molar-refractivity contribution >= 4 is 16.9 Å². The molecule has 37 heavy (non-hydrogen) atoms. The van der Waals surface area contributed by atoms with Gasteiger partial charge in [-0.05, 0) is 91.5 Å². The zero-order valence-corrected chi connectivity index (χ0v) is 23.2. The van der Waals surface area contributed by atoms with Crippen LogP contribution in [0.5, 0.6) is 17.2 Å². The number of hydrogen-bond donors (Lipinski definition) is 0. The lowest BCUT2D eigenvalue weighted by molar-refractivity contribution is -0.131. The molecule has 0 bridgehead atoms. The average molecular weight is 509 g/mol. The molecule has 6 nitrogen and oxygen atoms in total. The maximum Gasteiger partial charge on any atom is 0.383 e. The Bertz CT molecular complexity index is 1250. The Morgan fingerprint density at radius 2 is 1.35 bits per heavy atom. The zero-order valence-electron chi connectivity index (χ0n) is 23.2. The van der Waals surface area contributed by atoms with E-state index in [0.29, 0.717) is 17.7 Å². The summed E-state index contributed by atoms with van der Waals surface area (Å²) < 4.78 is 22.8. The highest BCUT2D eigenvalue weighted by Crippen LogP contribution is 2.39. The third kappa shape index (κ3) is 10.2. The topological polar surface area (TPSA) is 75.0 Å². The predicted octanol–water partition coefficient (Wildman–Crippen LogP) is 7.86. The van der Waals surface area contributed by atoms with Gasteiger partial charge in [-0.2, -0.15) is 0 Å². The van der Waals surface area contributed by atoms with Gasteiger partial charge < -0.3 is 18.6 Å². The molecule has 0 aliphatic carbocycles. The van der Waals surface area contributed by atoms with E-state index in [4.69, 9.17) is 18.6 Å². The second-order valence-corrected chi connectivity index (χ2v) is 9.63. The van der Waals surface area contributed by atoms with Crippen molar-refractivity contribution in [3.63, 3.8) is 0 Å². The molecule has 0 amide bonds. The van der Waals surface area contributed by atoms with Gasteiger partial charge >= 0.3 is 11.6 Å². The second kappa shape index (κ2) is 14.9. The number of fused-ring (bicyclic) bond motifs is 1.